The first kappa shape index (κ1) is 19.7. The number of carbonyl (C=O) groups excluding carboxylic acids is 2. The molecule has 0 atom stereocenters. The second-order valence-corrected chi connectivity index (χ2v) is 7.84. The fourth-order valence-electron chi connectivity index (χ4n) is 2.02. The van der Waals surface area contributed by atoms with Gasteiger partial charge in [-0.05, 0) is 50.2 Å². The molecule has 0 aliphatic heterocycles. The van der Waals surface area contributed by atoms with Gasteiger partial charge in [0.1, 0.15) is 5.69 Å². The summed E-state index contributed by atoms with van der Waals surface area (Å²) in [6.45, 7) is 3.11. The van der Waals surface area contributed by atoms with Crippen LogP contribution in [0.15, 0.2) is 47.5 Å². The summed E-state index contributed by atoms with van der Waals surface area (Å²) in [4.78, 5) is 26.3. The molecule has 0 bridgehead atoms. The molecule has 2 rings (SSSR count). The number of aromatic nitrogens is 1. The van der Waals surface area contributed by atoms with Gasteiger partial charge in [-0.15, -0.1) is 0 Å². The fourth-order valence-corrected chi connectivity index (χ4v) is 3.38. The Bertz CT molecular complexity index is 858. The average Bonchev–Trinajstić information content (AvgIpc) is 3.14. The number of H-pyrrole nitrogens is 1. The highest BCUT2D eigenvalue weighted by molar-refractivity contribution is 7.89. The van der Waals surface area contributed by atoms with Crippen molar-refractivity contribution >= 4 is 27.6 Å². The third kappa shape index (κ3) is 4.70. The van der Waals surface area contributed by atoms with Crippen molar-refractivity contribution in [3.8, 4) is 0 Å². The van der Waals surface area contributed by atoms with E-state index in [9.17, 15) is 18.0 Å². The second kappa shape index (κ2) is 8.15. The molecule has 0 saturated heterocycles. The molecule has 0 spiro atoms. The summed E-state index contributed by atoms with van der Waals surface area (Å²) in [5, 5.41) is 2.54. The first-order valence-corrected chi connectivity index (χ1v) is 9.34. The number of ether oxygens (including phenoxy) is 1. The highest BCUT2D eigenvalue weighted by atomic mass is 32.2. The van der Waals surface area contributed by atoms with E-state index in [0.29, 0.717) is 5.69 Å². The number of nitrogens with one attached hydrogen (secondary N) is 2. The van der Waals surface area contributed by atoms with E-state index in [4.69, 9.17) is 4.74 Å². The molecule has 2 N–H and O–H groups in total. The maximum atomic E-state index is 12.4. The maximum Gasteiger partial charge on any atom is 0.355 e. The highest BCUT2D eigenvalue weighted by Gasteiger charge is 2.22. The molecule has 0 unspecified atom stereocenters. The van der Waals surface area contributed by atoms with Crippen molar-refractivity contribution in [3.63, 3.8) is 0 Å². The summed E-state index contributed by atoms with van der Waals surface area (Å²) in [6.07, 6.45) is 1.57. The number of sulfonamides is 1. The number of nitrogens with zero attached hydrogens (tertiary/aromatic N) is 1. The number of hydrogen-bond donors (Lipinski definition) is 2. The van der Waals surface area contributed by atoms with Gasteiger partial charge in [-0.1, -0.05) is 0 Å². The van der Waals surface area contributed by atoms with Crippen molar-refractivity contribution in [3.05, 3.63) is 48.3 Å². The smallest absolute Gasteiger partial charge is 0.355 e. The molecule has 0 saturated carbocycles. The minimum absolute atomic E-state index is 0.130. The van der Waals surface area contributed by atoms with Gasteiger partial charge in [0.25, 0.3) is 5.91 Å². The molecule has 26 heavy (non-hydrogen) atoms. The van der Waals surface area contributed by atoms with Gasteiger partial charge in [0.05, 0.1) is 4.90 Å². The fraction of sp³-hybridized carbons (Fsp3) is 0.294. The van der Waals surface area contributed by atoms with Gasteiger partial charge in [0.2, 0.25) is 10.0 Å². The number of anilines is 1. The Morgan fingerprint density at radius 1 is 1.19 bits per heavy atom. The van der Waals surface area contributed by atoms with Gasteiger partial charge in [-0.25, -0.2) is 13.2 Å². The van der Waals surface area contributed by atoms with Crippen LogP contribution in [0.25, 0.3) is 0 Å². The Morgan fingerprint density at radius 2 is 1.85 bits per heavy atom. The highest BCUT2D eigenvalue weighted by Crippen LogP contribution is 2.19. The quantitative estimate of drug-likeness (QED) is 0.714. The molecule has 1 aromatic heterocycles. The Balaban J connectivity index is 1.94. The van der Waals surface area contributed by atoms with Gasteiger partial charge >= 0.3 is 5.97 Å². The largest absolute Gasteiger partial charge is 0.451 e. The maximum absolute atomic E-state index is 12.4. The molecule has 8 nitrogen and oxygen atoms in total. The average molecular weight is 379 g/mol. The van der Waals surface area contributed by atoms with E-state index >= 15 is 0 Å². The lowest BCUT2D eigenvalue weighted by atomic mass is 10.3. The van der Waals surface area contributed by atoms with Crippen LogP contribution in [0.3, 0.4) is 0 Å². The van der Waals surface area contributed by atoms with Gasteiger partial charge in [0, 0.05) is 25.0 Å². The minimum atomic E-state index is -3.58. The molecule has 140 valence electrons. The Morgan fingerprint density at radius 3 is 2.38 bits per heavy atom. The summed E-state index contributed by atoms with van der Waals surface area (Å²) < 4.78 is 30.9. The predicted octanol–water partition coefficient (Wildman–Crippen LogP) is 1.84. The van der Waals surface area contributed by atoms with Gasteiger partial charge in [-0.3, -0.25) is 4.79 Å². The SMILES string of the molecule is CC(C)N(C)S(=O)(=O)c1ccc(NC(=O)COC(=O)c2ccc[nH]2)cc1. The van der Waals surface area contributed by atoms with Gasteiger partial charge in [0.15, 0.2) is 6.61 Å². The molecular weight excluding hydrogens is 358 g/mol. The van der Waals surface area contributed by atoms with Crippen molar-refractivity contribution in [2.45, 2.75) is 24.8 Å². The van der Waals surface area contributed by atoms with E-state index in [1.165, 1.54) is 41.7 Å². The molecule has 0 fully saturated rings. The zero-order chi connectivity index (χ0) is 19.3. The van der Waals surface area contributed by atoms with E-state index in [2.05, 4.69) is 10.3 Å². The van der Waals surface area contributed by atoms with Crippen LogP contribution in [0.1, 0.15) is 24.3 Å². The van der Waals surface area contributed by atoms with Crippen molar-refractivity contribution < 1.29 is 22.7 Å². The van der Waals surface area contributed by atoms with Crippen LogP contribution in [0.5, 0.6) is 0 Å². The van der Waals surface area contributed by atoms with Crippen molar-refractivity contribution in [1.29, 1.82) is 0 Å². The molecule has 1 heterocycles. The van der Waals surface area contributed by atoms with Gasteiger partial charge < -0.3 is 15.0 Å². The van der Waals surface area contributed by atoms with Crippen molar-refractivity contribution in [2.75, 3.05) is 19.0 Å². The normalized spacial score (nSPS) is 11.6. The number of hydrogen-bond acceptors (Lipinski definition) is 5. The van der Waals surface area contributed by atoms with Crippen molar-refractivity contribution in [2.24, 2.45) is 0 Å². The topological polar surface area (TPSA) is 109 Å². The van der Waals surface area contributed by atoms with Crippen molar-refractivity contribution in [1.82, 2.24) is 9.29 Å². The second-order valence-electron chi connectivity index (χ2n) is 5.85. The number of aromatic amines is 1. The lowest BCUT2D eigenvalue weighted by Gasteiger charge is -2.21. The standard InChI is InChI=1S/C17H21N3O5S/c1-12(2)20(3)26(23,24)14-8-6-13(7-9-14)19-16(21)11-25-17(22)15-5-4-10-18-15/h4-10,12,18H,11H2,1-3H3,(H,19,21). The summed E-state index contributed by atoms with van der Waals surface area (Å²) in [5.74, 6) is -1.16. The lowest BCUT2D eigenvalue weighted by Crippen LogP contribution is -2.33. The van der Waals surface area contributed by atoms with Crippen LogP contribution in [-0.2, 0) is 19.6 Å². The first-order valence-electron chi connectivity index (χ1n) is 7.90. The van der Waals surface area contributed by atoms with Crippen LogP contribution in [0.2, 0.25) is 0 Å². The van der Waals surface area contributed by atoms with E-state index in [1.807, 2.05) is 0 Å². The molecule has 1 amide bonds. The summed E-state index contributed by atoms with van der Waals surface area (Å²) in [5.41, 5.74) is 0.652. The number of amides is 1. The van der Waals surface area contributed by atoms with Crippen LogP contribution >= 0.6 is 0 Å². The summed E-state index contributed by atoms with van der Waals surface area (Å²) in [7, 11) is -2.07. The van der Waals surface area contributed by atoms with Crippen LogP contribution < -0.4 is 5.32 Å². The number of rotatable bonds is 7. The summed E-state index contributed by atoms with van der Waals surface area (Å²) >= 11 is 0. The van der Waals surface area contributed by atoms with Crippen LogP contribution in [-0.4, -0.2) is 49.3 Å². The zero-order valence-electron chi connectivity index (χ0n) is 14.7. The summed E-state index contributed by atoms with van der Waals surface area (Å²) in [6, 6.07) is 8.78. The third-order valence-corrected chi connectivity index (χ3v) is 5.74. The van der Waals surface area contributed by atoms with E-state index in [-0.39, 0.29) is 16.6 Å². The Labute approximate surface area is 152 Å². The molecule has 0 aliphatic carbocycles. The number of benzene rings is 1. The predicted molar refractivity (Wildman–Crippen MR) is 96.2 cm³/mol. The van der Waals surface area contributed by atoms with E-state index in [0.717, 1.165) is 0 Å². The zero-order valence-corrected chi connectivity index (χ0v) is 15.5. The molecule has 1 aromatic carbocycles. The van der Waals surface area contributed by atoms with Crippen LogP contribution in [0.4, 0.5) is 5.69 Å². The lowest BCUT2D eigenvalue weighted by molar-refractivity contribution is -0.119. The molecular formula is C17H21N3O5S. The monoisotopic (exact) mass is 379 g/mol. The first-order chi connectivity index (χ1) is 12.2. The Kier molecular flexibility index (Phi) is 6.17. The third-order valence-electron chi connectivity index (χ3n) is 3.69. The van der Waals surface area contributed by atoms with E-state index < -0.39 is 28.5 Å². The molecule has 0 aliphatic rings. The minimum Gasteiger partial charge on any atom is -0.451 e. The van der Waals surface area contributed by atoms with E-state index in [1.54, 1.807) is 26.1 Å². The number of esters is 1. The molecule has 9 heteroatoms. The number of carbonyl (C=O) groups is 2. The van der Waals surface area contributed by atoms with Crippen LogP contribution in [0, 0.1) is 0 Å². The Hall–Kier alpha value is -2.65. The molecule has 0 radical (unpaired) electrons. The van der Waals surface area contributed by atoms with Gasteiger partial charge in [-0.2, -0.15) is 4.31 Å². The molecule has 2 aromatic rings.